The van der Waals surface area contributed by atoms with E-state index in [1.54, 1.807) is 0 Å². The monoisotopic (exact) mass is 223 g/mol. The van der Waals surface area contributed by atoms with Crippen LogP contribution in [0.2, 0.25) is 0 Å². The number of hydrogen-bond acceptors (Lipinski definition) is 3. The summed E-state index contributed by atoms with van der Waals surface area (Å²) in [5.41, 5.74) is 1.59. The maximum absolute atomic E-state index is 8.88. The predicted octanol–water partition coefficient (Wildman–Crippen LogP) is 2.62. The molecule has 1 unspecified atom stereocenters. The average Bonchev–Trinajstić information content (AvgIpc) is 2.19. The van der Waals surface area contributed by atoms with Crippen LogP contribution in [0.4, 0.5) is 0 Å². The fraction of sp³-hybridized carbons (Fsp3) is 0.545. The first-order valence-corrected chi connectivity index (χ1v) is 5.30. The molecule has 0 spiro atoms. The first-order chi connectivity index (χ1) is 6.99. The molecule has 1 atom stereocenters. The second-order valence-electron chi connectivity index (χ2n) is 4.41. The zero-order valence-electron chi connectivity index (χ0n) is 9.16. The quantitative estimate of drug-likeness (QED) is 0.725. The lowest BCUT2D eigenvalue weighted by molar-refractivity contribution is 0.564. The molecule has 0 saturated carbocycles. The number of rotatable bonds is 2. The lowest BCUT2D eigenvalue weighted by Crippen LogP contribution is -2.15. The van der Waals surface area contributed by atoms with Crippen LogP contribution < -0.4 is 0 Å². The van der Waals surface area contributed by atoms with Gasteiger partial charge in [-0.1, -0.05) is 20.8 Å². The van der Waals surface area contributed by atoms with Crippen molar-refractivity contribution in [2.45, 2.75) is 32.1 Å². The minimum absolute atomic E-state index is 0.0377. The molecule has 1 aromatic rings. The van der Waals surface area contributed by atoms with Crippen LogP contribution >= 0.6 is 11.6 Å². The lowest BCUT2D eigenvalue weighted by Gasteiger charge is -2.18. The molecule has 15 heavy (non-hydrogen) atoms. The van der Waals surface area contributed by atoms with Crippen molar-refractivity contribution < 1.29 is 0 Å². The number of nitrogens with zero attached hydrogens (tertiary/aromatic N) is 3. The van der Waals surface area contributed by atoms with E-state index in [2.05, 4.69) is 36.8 Å². The van der Waals surface area contributed by atoms with Crippen LogP contribution in [-0.2, 0) is 5.41 Å². The van der Waals surface area contributed by atoms with Gasteiger partial charge >= 0.3 is 0 Å². The highest BCUT2D eigenvalue weighted by molar-refractivity contribution is 6.18. The van der Waals surface area contributed by atoms with Gasteiger partial charge in [0.05, 0.1) is 11.8 Å². The minimum Gasteiger partial charge on any atom is -0.241 e. The summed E-state index contributed by atoms with van der Waals surface area (Å²) in [6, 6.07) is 3.98. The molecular formula is C11H14ClN3. The van der Waals surface area contributed by atoms with E-state index >= 15 is 0 Å². The molecule has 0 N–H and O–H groups in total. The maximum Gasteiger partial charge on any atom is 0.116 e. The second kappa shape index (κ2) is 4.59. The van der Waals surface area contributed by atoms with E-state index in [0.717, 1.165) is 5.69 Å². The number of halogens is 1. The Labute approximate surface area is 95.1 Å². The van der Waals surface area contributed by atoms with Gasteiger partial charge in [-0.2, -0.15) is 5.26 Å². The molecular weight excluding hydrogens is 210 g/mol. The second-order valence-corrected chi connectivity index (χ2v) is 4.72. The molecule has 4 heteroatoms. The lowest BCUT2D eigenvalue weighted by atomic mass is 9.91. The Kier molecular flexibility index (Phi) is 3.65. The van der Waals surface area contributed by atoms with E-state index in [-0.39, 0.29) is 17.2 Å². The molecule has 0 aliphatic heterocycles. The minimum atomic E-state index is -0.351. The van der Waals surface area contributed by atoms with Gasteiger partial charge in [0, 0.05) is 17.0 Å². The third kappa shape index (κ3) is 2.90. The van der Waals surface area contributed by atoms with Gasteiger partial charge in [0.15, 0.2) is 0 Å². The van der Waals surface area contributed by atoms with Crippen molar-refractivity contribution in [1.29, 1.82) is 5.26 Å². The van der Waals surface area contributed by atoms with Crippen molar-refractivity contribution in [3.05, 3.63) is 23.8 Å². The first kappa shape index (κ1) is 11.9. The molecule has 0 aliphatic rings. The van der Waals surface area contributed by atoms with Crippen LogP contribution in [0.3, 0.4) is 0 Å². The fourth-order valence-electron chi connectivity index (χ4n) is 1.15. The third-order valence-corrected chi connectivity index (χ3v) is 2.43. The van der Waals surface area contributed by atoms with Crippen molar-refractivity contribution >= 4 is 11.6 Å². The topological polar surface area (TPSA) is 49.6 Å². The van der Waals surface area contributed by atoms with E-state index < -0.39 is 0 Å². The largest absolute Gasteiger partial charge is 0.241 e. The Morgan fingerprint density at radius 2 is 2.13 bits per heavy atom. The summed E-state index contributed by atoms with van der Waals surface area (Å²) >= 11 is 5.69. The molecule has 3 nitrogen and oxygen atoms in total. The molecule has 0 bridgehead atoms. The van der Waals surface area contributed by atoms with Crippen molar-refractivity contribution in [3.63, 3.8) is 0 Å². The highest BCUT2D eigenvalue weighted by Gasteiger charge is 2.18. The van der Waals surface area contributed by atoms with Gasteiger partial charge in [0.25, 0.3) is 0 Å². The summed E-state index contributed by atoms with van der Waals surface area (Å²) < 4.78 is 0. The van der Waals surface area contributed by atoms with Gasteiger partial charge in [-0.05, 0) is 6.07 Å². The highest BCUT2D eigenvalue weighted by atomic mass is 35.5. The van der Waals surface area contributed by atoms with Gasteiger partial charge in [0.1, 0.15) is 12.2 Å². The van der Waals surface area contributed by atoms with Crippen LogP contribution in [0.25, 0.3) is 0 Å². The Balaban J connectivity index is 3.09. The van der Waals surface area contributed by atoms with Gasteiger partial charge in [-0.3, -0.25) is 0 Å². The third-order valence-electron chi connectivity index (χ3n) is 2.12. The van der Waals surface area contributed by atoms with Crippen molar-refractivity contribution in [1.82, 2.24) is 9.97 Å². The van der Waals surface area contributed by atoms with Crippen molar-refractivity contribution in [3.8, 4) is 6.07 Å². The van der Waals surface area contributed by atoms with Crippen LogP contribution in [0.1, 0.15) is 38.1 Å². The Morgan fingerprint density at radius 1 is 1.47 bits per heavy atom. The van der Waals surface area contributed by atoms with Crippen LogP contribution in [0, 0.1) is 11.3 Å². The smallest absolute Gasteiger partial charge is 0.116 e. The van der Waals surface area contributed by atoms with E-state index in [1.807, 2.05) is 6.07 Å². The van der Waals surface area contributed by atoms with E-state index in [1.165, 1.54) is 6.33 Å². The standard InChI is InChI=1S/C11H14ClN3/c1-11(2,3)10-4-9(14-7-15-10)8(5-12)6-13/h4,7-8H,5H2,1-3H3. The Bertz CT molecular complexity index is 376. The molecule has 1 aromatic heterocycles. The first-order valence-electron chi connectivity index (χ1n) is 4.77. The fourth-order valence-corrected chi connectivity index (χ4v) is 1.38. The summed E-state index contributed by atoms with van der Waals surface area (Å²) in [7, 11) is 0. The van der Waals surface area contributed by atoms with Gasteiger partial charge in [0.2, 0.25) is 0 Å². The molecule has 0 aromatic carbocycles. The normalized spacial score (nSPS) is 13.3. The highest BCUT2D eigenvalue weighted by Crippen LogP contribution is 2.22. The van der Waals surface area contributed by atoms with E-state index in [4.69, 9.17) is 16.9 Å². The molecule has 80 valence electrons. The van der Waals surface area contributed by atoms with Crippen LogP contribution in [0.15, 0.2) is 12.4 Å². The molecule has 0 radical (unpaired) electrons. The Morgan fingerprint density at radius 3 is 2.60 bits per heavy atom. The molecule has 0 amide bonds. The van der Waals surface area contributed by atoms with Crippen LogP contribution in [-0.4, -0.2) is 15.8 Å². The zero-order chi connectivity index (χ0) is 11.5. The summed E-state index contributed by atoms with van der Waals surface area (Å²) in [6.45, 7) is 6.21. The summed E-state index contributed by atoms with van der Waals surface area (Å²) in [5, 5.41) is 8.88. The number of aromatic nitrogens is 2. The predicted molar refractivity (Wildman–Crippen MR) is 59.8 cm³/mol. The van der Waals surface area contributed by atoms with Crippen molar-refractivity contribution in [2.24, 2.45) is 0 Å². The van der Waals surface area contributed by atoms with E-state index in [9.17, 15) is 0 Å². The summed E-state index contributed by atoms with van der Waals surface area (Å²) in [5.74, 6) is -0.0901. The zero-order valence-corrected chi connectivity index (χ0v) is 9.91. The number of hydrogen-bond donors (Lipinski definition) is 0. The number of alkyl halides is 1. The maximum atomic E-state index is 8.88. The molecule has 1 rings (SSSR count). The summed E-state index contributed by atoms with van der Waals surface area (Å²) in [4.78, 5) is 8.27. The van der Waals surface area contributed by atoms with Gasteiger partial charge in [-0.25, -0.2) is 9.97 Å². The molecule has 0 saturated heterocycles. The Hall–Kier alpha value is -1.14. The van der Waals surface area contributed by atoms with Gasteiger partial charge < -0.3 is 0 Å². The van der Waals surface area contributed by atoms with E-state index in [0.29, 0.717) is 5.69 Å². The molecule has 0 aliphatic carbocycles. The average molecular weight is 224 g/mol. The molecule has 0 fully saturated rings. The van der Waals surface area contributed by atoms with Gasteiger partial charge in [-0.15, -0.1) is 11.6 Å². The van der Waals surface area contributed by atoms with Crippen LogP contribution in [0.5, 0.6) is 0 Å². The van der Waals surface area contributed by atoms with Crippen molar-refractivity contribution in [2.75, 3.05) is 5.88 Å². The summed E-state index contributed by atoms with van der Waals surface area (Å²) in [6.07, 6.45) is 1.49. The SMILES string of the molecule is CC(C)(C)c1cc(C(C#N)CCl)ncn1. The number of nitriles is 1. The molecule has 1 heterocycles.